The van der Waals surface area contributed by atoms with Crippen molar-refractivity contribution in [2.24, 2.45) is 12.5 Å². The zero-order valence-electron chi connectivity index (χ0n) is 15.0. The average Bonchev–Trinajstić information content (AvgIpc) is 3.25. The molecule has 4 heterocycles. The molecule has 3 aliphatic heterocycles. The van der Waals surface area contributed by atoms with Crippen LogP contribution in [0.1, 0.15) is 26.2 Å². The molecule has 10 heteroatoms. The molecule has 3 saturated heterocycles. The molecule has 0 radical (unpaired) electrons. The fourth-order valence-electron chi connectivity index (χ4n) is 4.42. The molecule has 1 atom stereocenters. The van der Waals surface area contributed by atoms with Gasteiger partial charge in [-0.1, -0.05) is 0 Å². The summed E-state index contributed by atoms with van der Waals surface area (Å²) in [6.07, 6.45) is 4.91. The summed E-state index contributed by atoms with van der Waals surface area (Å²) in [7, 11) is -1.86. The van der Waals surface area contributed by atoms with E-state index in [2.05, 4.69) is 4.98 Å². The van der Waals surface area contributed by atoms with E-state index in [0.29, 0.717) is 45.4 Å². The highest BCUT2D eigenvalue weighted by molar-refractivity contribution is 7.89. The minimum Gasteiger partial charge on any atom is -0.339 e. The molecule has 142 valence electrons. The zero-order valence-corrected chi connectivity index (χ0v) is 15.8. The number of aromatic nitrogens is 2. The second kappa shape index (κ2) is 5.78. The fourth-order valence-corrected chi connectivity index (χ4v) is 5.82. The van der Waals surface area contributed by atoms with Crippen molar-refractivity contribution in [3.63, 3.8) is 0 Å². The Morgan fingerprint density at radius 3 is 2.50 bits per heavy atom. The van der Waals surface area contributed by atoms with Crippen LogP contribution in [-0.4, -0.2) is 76.2 Å². The van der Waals surface area contributed by atoms with Gasteiger partial charge in [0.1, 0.15) is 6.04 Å². The number of urea groups is 1. The minimum absolute atomic E-state index is 0.0620. The summed E-state index contributed by atoms with van der Waals surface area (Å²) in [5, 5.41) is 0.0620. The van der Waals surface area contributed by atoms with Crippen LogP contribution in [0.25, 0.3) is 0 Å². The van der Waals surface area contributed by atoms with Gasteiger partial charge in [0.2, 0.25) is 0 Å². The number of carbonyl (C=O) groups excluding carboxylic acids is 2. The van der Waals surface area contributed by atoms with E-state index in [-0.39, 0.29) is 28.4 Å². The van der Waals surface area contributed by atoms with E-state index in [1.807, 2.05) is 0 Å². The summed E-state index contributed by atoms with van der Waals surface area (Å²) in [6, 6.07) is -0.579. The van der Waals surface area contributed by atoms with Crippen LogP contribution in [-0.2, 0) is 21.9 Å². The molecule has 0 aromatic carbocycles. The zero-order chi connectivity index (χ0) is 18.7. The van der Waals surface area contributed by atoms with Gasteiger partial charge >= 0.3 is 6.03 Å². The molecule has 9 nitrogen and oxygen atoms in total. The quantitative estimate of drug-likeness (QED) is 0.699. The molecule has 0 saturated carbocycles. The number of rotatable bonds is 3. The van der Waals surface area contributed by atoms with E-state index >= 15 is 0 Å². The van der Waals surface area contributed by atoms with Crippen molar-refractivity contribution >= 4 is 22.0 Å². The monoisotopic (exact) mass is 381 g/mol. The molecule has 4 rings (SSSR count). The third kappa shape index (κ3) is 2.46. The van der Waals surface area contributed by atoms with Gasteiger partial charge in [0.05, 0.1) is 6.33 Å². The van der Waals surface area contributed by atoms with Gasteiger partial charge in [-0.15, -0.1) is 0 Å². The molecule has 3 aliphatic rings. The summed E-state index contributed by atoms with van der Waals surface area (Å²) in [5.41, 5.74) is -0.161. The number of imidazole rings is 1. The number of likely N-dealkylation sites (N-methyl/N-ethyl adjacent to an activating group) is 1. The van der Waals surface area contributed by atoms with Crippen molar-refractivity contribution in [2.45, 2.75) is 37.3 Å². The summed E-state index contributed by atoms with van der Waals surface area (Å²) in [5.74, 6) is -0.113. The highest BCUT2D eigenvalue weighted by atomic mass is 32.2. The first-order chi connectivity index (χ1) is 12.3. The first-order valence-corrected chi connectivity index (χ1v) is 10.3. The van der Waals surface area contributed by atoms with Gasteiger partial charge < -0.3 is 9.47 Å². The molecular formula is C16H23N5O4S. The van der Waals surface area contributed by atoms with Crippen LogP contribution in [0.5, 0.6) is 0 Å². The molecule has 3 fully saturated rings. The molecule has 26 heavy (non-hydrogen) atoms. The van der Waals surface area contributed by atoms with Crippen molar-refractivity contribution in [3.8, 4) is 0 Å². The minimum atomic E-state index is -3.59. The van der Waals surface area contributed by atoms with Crippen molar-refractivity contribution in [2.75, 3.05) is 26.2 Å². The number of hydrogen-bond acceptors (Lipinski definition) is 5. The summed E-state index contributed by atoms with van der Waals surface area (Å²) in [4.78, 5) is 31.7. The number of nitrogens with zero attached hydrogens (tertiary/aromatic N) is 5. The summed E-state index contributed by atoms with van der Waals surface area (Å²) < 4.78 is 28.5. The predicted molar refractivity (Wildman–Crippen MR) is 91.5 cm³/mol. The third-order valence-corrected chi connectivity index (χ3v) is 7.71. The summed E-state index contributed by atoms with van der Waals surface area (Å²) >= 11 is 0. The Morgan fingerprint density at radius 1 is 1.27 bits per heavy atom. The van der Waals surface area contributed by atoms with Crippen LogP contribution >= 0.6 is 0 Å². The van der Waals surface area contributed by atoms with Crippen LogP contribution in [0.4, 0.5) is 4.79 Å². The second-order valence-corrected chi connectivity index (χ2v) is 9.38. The Morgan fingerprint density at radius 2 is 1.96 bits per heavy atom. The number of hydrogen-bond donors (Lipinski definition) is 0. The Labute approximate surface area is 152 Å². The average molecular weight is 381 g/mol. The second-order valence-electron chi connectivity index (χ2n) is 7.49. The van der Waals surface area contributed by atoms with Crippen molar-refractivity contribution < 1.29 is 18.0 Å². The lowest BCUT2D eigenvalue weighted by Gasteiger charge is -2.38. The van der Waals surface area contributed by atoms with Crippen LogP contribution in [0, 0.1) is 5.41 Å². The molecular weight excluding hydrogens is 358 g/mol. The number of piperidine rings is 1. The van der Waals surface area contributed by atoms with Crippen molar-refractivity contribution in [3.05, 3.63) is 12.5 Å². The normalized spacial score (nSPS) is 26.2. The van der Waals surface area contributed by atoms with E-state index in [0.717, 1.165) is 0 Å². The Balaban J connectivity index is 1.47. The number of amides is 3. The van der Waals surface area contributed by atoms with Gasteiger partial charge in [-0.05, 0) is 31.6 Å². The molecule has 1 aromatic rings. The lowest BCUT2D eigenvalue weighted by Crippen LogP contribution is -2.45. The van der Waals surface area contributed by atoms with Crippen LogP contribution < -0.4 is 0 Å². The lowest BCUT2D eigenvalue weighted by atomic mass is 9.77. The Bertz CT molecular complexity index is 830. The van der Waals surface area contributed by atoms with E-state index in [1.165, 1.54) is 21.7 Å². The largest absolute Gasteiger partial charge is 0.339 e. The summed E-state index contributed by atoms with van der Waals surface area (Å²) in [6.45, 7) is 3.51. The number of imide groups is 1. The third-order valence-electron chi connectivity index (χ3n) is 5.92. The number of carbonyl (C=O) groups is 2. The van der Waals surface area contributed by atoms with E-state index < -0.39 is 10.0 Å². The topological polar surface area (TPSA) is 95.8 Å². The SMILES string of the molecule is CCN1C(=O)C2CC3(CCN(S(=O)(=O)c4cn(C)cn4)CC3)CN2C1=O. The van der Waals surface area contributed by atoms with Gasteiger partial charge in [0.25, 0.3) is 15.9 Å². The maximum absolute atomic E-state index is 12.7. The molecule has 1 aromatic heterocycles. The van der Waals surface area contributed by atoms with Crippen LogP contribution in [0.2, 0.25) is 0 Å². The van der Waals surface area contributed by atoms with Gasteiger partial charge in [-0.25, -0.2) is 18.2 Å². The Kier molecular flexibility index (Phi) is 3.88. The first kappa shape index (κ1) is 17.5. The van der Waals surface area contributed by atoms with Crippen molar-refractivity contribution in [1.82, 2.24) is 23.7 Å². The van der Waals surface area contributed by atoms with E-state index in [4.69, 9.17) is 0 Å². The van der Waals surface area contributed by atoms with Crippen LogP contribution in [0.15, 0.2) is 17.6 Å². The highest BCUT2D eigenvalue weighted by Gasteiger charge is 2.56. The Hall–Kier alpha value is -1.94. The van der Waals surface area contributed by atoms with Gasteiger partial charge in [0, 0.05) is 39.4 Å². The fraction of sp³-hybridized carbons (Fsp3) is 0.688. The molecule has 0 N–H and O–H groups in total. The number of aryl methyl sites for hydroxylation is 1. The maximum atomic E-state index is 12.7. The van der Waals surface area contributed by atoms with E-state index in [9.17, 15) is 18.0 Å². The molecule has 1 unspecified atom stereocenters. The highest BCUT2D eigenvalue weighted by Crippen LogP contribution is 2.46. The predicted octanol–water partition coefficient (Wildman–Crippen LogP) is 0.247. The first-order valence-electron chi connectivity index (χ1n) is 8.87. The smallest absolute Gasteiger partial charge is 0.327 e. The van der Waals surface area contributed by atoms with Gasteiger partial charge in [0.15, 0.2) is 5.03 Å². The van der Waals surface area contributed by atoms with E-state index in [1.54, 1.807) is 23.4 Å². The number of fused-ring (bicyclic) bond motifs is 1. The van der Waals surface area contributed by atoms with Gasteiger partial charge in [-0.2, -0.15) is 4.31 Å². The molecule has 3 amide bonds. The van der Waals surface area contributed by atoms with Crippen LogP contribution in [0.3, 0.4) is 0 Å². The van der Waals surface area contributed by atoms with Gasteiger partial charge in [-0.3, -0.25) is 9.69 Å². The lowest BCUT2D eigenvalue weighted by molar-refractivity contribution is -0.128. The molecule has 0 bridgehead atoms. The number of sulfonamides is 1. The molecule has 1 spiro atoms. The van der Waals surface area contributed by atoms with Crippen molar-refractivity contribution in [1.29, 1.82) is 0 Å². The molecule has 0 aliphatic carbocycles. The maximum Gasteiger partial charge on any atom is 0.327 e. The standard InChI is InChI=1S/C16H23N5O4S/c1-3-20-14(22)12-8-16(10-21(12)15(20)23)4-6-19(7-5-16)26(24,25)13-9-18(2)11-17-13/h9,11-12H,3-8,10H2,1-2H3.